The van der Waals surface area contributed by atoms with Crippen molar-refractivity contribution in [3.05, 3.63) is 71.3 Å². The fourth-order valence-corrected chi connectivity index (χ4v) is 3.37. The zero-order valence-electron chi connectivity index (χ0n) is 15.6. The van der Waals surface area contributed by atoms with Crippen LogP contribution in [0.4, 0.5) is 0 Å². The standard InChI is InChI=1S/C20H26N2O3S/c1-5-16-11-13-17(14-12-16)15(2)21-20(23)19(22(3)26(4,24)25)18-9-7-6-8-10-18/h6-15,19H,5H2,1-4H3,(H,21,23). The van der Waals surface area contributed by atoms with Gasteiger partial charge in [0.25, 0.3) is 0 Å². The van der Waals surface area contributed by atoms with Crippen LogP contribution < -0.4 is 5.32 Å². The van der Waals surface area contributed by atoms with Gasteiger partial charge in [0.15, 0.2) is 0 Å². The van der Waals surface area contributed by atoms with E-state index in [1.807, 2.05) is 37.3 Å². The van der Waals surface area contributed by atoms with Crippen LogP contribution in [0, 0.1) is 0 Å². The maximum atomic E-state index is 12.9. The molecule has 6 heteroatoms. The minimum absolute atomic E-state index is 0.229. The number of hydrogen-bond donors (Lipinski definition) is 1. The molecule has 1 N–H and O–H groups in total. The van der Waals surface area contributed by atoms with Gasteiger partial charge in [-0.15, -0.1) is 0 Å². The molecular formula is C20H26N2O3S. The van der Waals surface area contributed by atoms with E-state index in [2.05, 4.69) is 12.2 Å². The normalized spacial score (nSPS) is 14.0. The molecule has 140 valence electrons. The Balaban J connectivity index is 2.25. The summed E-state index contributed by atoms with van der Waals surface area (Å²) in [5.74, 6) is -0.351. The Labute approximate surface area is 156 Å². The number of nitrogens with zero attached hydrogens (tertiary/aromatic N) is 1. The summed E-state index contributed by atoms with van der Waals surface area (Å²) < 4.78 is 25.1. The number of hydrogen-bond acceptors (Lipinski definition) is 3. The summed E-state index contributed by atoms with van der Waals surface area (Å²) in [4.78, 5) is 12.9. The quantitative estimate of drug-likeness (QED) is 0.810. The van der Waals surface area contributed by atoms with E-state index < -0.39 is 16.1 Å². The van der Waals surface area contributed by atoms with Crippen molar-refractivity contribution >= 4 is 15.9 Å². The van der Waals surface area contributed by atoms with Crippen molar-refractivity contribution in [2.45, 2.75) is 32.4 Å². The first-order valence-electron chi connectivity index (χ1n) is 8.61. The van der Waals surface area contributed by atoms with E-state index in [0.29, 0.717) is 5.56 Å². The summed E-state index contributed by atoms with van der Waals surface area (Å²) in [5, 5.41) is 2.94. The van der Waals surface area contributed by atoms with Gasteiger partial charge < -0.3 is 5.32 Å². The third-order valence-electron chi connectivity index (χ3n) is 4.50. The van der Waals surface area contributed by atoms with E-state index in [1.54, 1.807) is 24.3 Å². The minimum Gasteiger partial charge on any atom is -0.348 e. The number of sulfonamides is 1. The molecule has 2 aromatic carbocycles. The lowest BCUT2D eigenvalue weighted by atomic mass is 10.0. The molecule has 0 bridgehead atoms. The molecule has 2 unspecified atom stereocenters. The van der Waals surface area contributed by atoms with Gasteiger partial charge >= 0.3 is 0 Å². The lowest BCUT2D eigenvalue weighted by molar-refractivity contribution is -0.125. The average molecular weight is 375 g/mol. The second-order valence-corrected chi connectivity index (χ2v) is 8.46. The van der Waals surface area contributed by atoms with Crippen LogP contribution in [-0.4, -0.2) is 31.9 Å². The average Bonchev–Trinajstić information content (AvgIpc) is 2.62. The second-order valence-electron chi connectivity index (χ2n) is 6.42. The Morgan fingerprint density at radius 2 is 1.62 bits per heavy atom. The maximum Gasteiger partial charge on any atom is 0.243 e. The molecule has 0 aliphatic rings. The molecule has 0 spiro atoms. The van der Waals surface area contributed by atoms with Crippen LogP contribution in [0.2, 0.25) is 0 Å². The molecule has 2 atom stereocenters. The van der Waals surface area contributed by atoms with Crippen molar-refractivity contribution in [1.82, 2.24) is 9.62 Å². The number of likely N-dealkylation sites (N-methyl/N-ethyl adjacent to an activating group) is 1. The zero-order valence-corrected chi connectivity index (χ0v) is 16.5. The highest BCUT2D eigenvalue weighted by Gasteiger charge is 2.31. The number of rotatable bonds is 7. The minimum atomic E-state index is -3.53. The second kappa shape index (κ2) is 8.47. The van der Waals surface area contributed by atoms with E-state index in [9.17, 15) is 13.2 Å². The predicted octanol–water partition coefficient (Wildman–Crippen LogP) is 3.06. The number of nitrogens with one attached hydrogen (secondary N) is 1. The fourth-order valence-electron chi connectivity index (χ4n) is 2.77. The highest BCUT2D eigenvalue weighted by molar-refractivity contribution is 7.88. The van der Waals surface area contributed by atoms with Crippen LogP contribution in [-0.2, 0) is 21.2 Å². The third-order valence-corrected chi connectivity index (χ3v) is 5.75. The van der Waals surface area contributed by atoms with Crippen LogP contribution >= 0.6 is 0 Å². The molecule has 0 aromatic heterocycles. The third kappa shape index (κ3) is 4.93. The van der Waals surface area contributed by atoms with Crippen molar-refractivity contribution in [1.29, 1.82) is 0 Å². The highest BCUT2D eigenvalue weighted by Crippen LogP contribution is 2.23. The summed E-state index contributed by atoms with van der Waals surface area (Å²) >= 11 is 0. The first-order valence-corrected chi connectivity index (χ1v) is 10.5. The van der Waals surface area contributed by atoms with E-state index in [-0.39, 0.29) is 11.9 Å². The smallest absolute Gasteiger partial charge is 0.243 e. The summed E-state index contributed by atoms with van der Waals surface area (Å²) in [6.07, 6.45) is 2.05. The Morgan fingerprint density at radius 1 is 1.04 bits per heavy atom. The van der Waals surface area contributed by atoms with E-state index in [1.165, 1.54) is 12.6 Å². The molecule has 5 nitrogen and oxygen atoms in total. The molecule has 0 saturated heterocycles. The van der Waals surface area contributed by atoms with Gasteiger partial charge in [-0.1, -0.05) is 61.5 Å². The van der Waals surface area contributed by atoms with Crippen LogP contribution in [0.25, 0.3) is 0 Å². The number of carbonyl (C=O) groups excluding carboxylic acids is 1. The van der Waals surface area contributed by atoms with Crippen molar-refractivity contribution in [2.75, 3.05) is 13.3 Å². The fraction of sp³-hybridized carbons (Fsp3) is 0.350. The molecule has 0 aliphatic carbocycles. The van der Waals surface area contributed by atoms with Crippen LogP contribution in [0.3, 0.4) is 0 Å². The van der Waals surface area contributed by atoms with E-state index in [4.69, 9.17) is 0 Å². The van der Waals surface area contributed by atoms with Gasteiger partial charge in [0.2, 0.25) is 15.9 Å². The topological polar surface area (TPSA) is 66.5 Å². The largest absolute Gasteiger partial charge is 0.348 e. The van der Waals surface area contributed by atoms with Crippen molar-refractivity contribution in [3.63, 3.8) is 0 Å². The van der Waals surface area contributed by atoms with Gasteiger partial charge in [-0.25, -0.2) is 8.42 Å². The summed E-state index contributed by atoms with van der Waals surface area (Å²) in [6.45, 7) is 3.98. The lowest BCUT2D eigenvalue weighted by Crippen LogP contribution is -2.42. The summed E-state index contributed by atoms with van der Waals surface area (Å²) in [5.41, 5.74) is 2.84. The number of amides is 1. The van der Waals surface area contributed by atoms with E-state index >= 15 is 0 Å². The Hall–Kier alpha value is -2.18. The Bertz CT molecular complexity index is 833. The highest BCUT2D eigenvalue weighted by atomic mass is 32.2. The molecule has 2 rings (SSSR count). The molecule has 0 fully saturated rings. The van der Waals surface area contributed by atoms with Gasteiger partial charge in [0.05, 0.1) is 12.3 Å². The van der Waals surface area contributed by atoms with Crippen LogP contribution in [0.5, 0.6) is 0 Å². The Kier molecular flexibility index (Phi) is 6.56. The molecular weight excluding hydrogens is 348 g/mol. The van der Waals surface area contributed by atoms with Gasteiger partial charge in [0, 0.05) is 7.05 Å². The van der Waals surface area contributed by atoms with Gasteiger partial charge in [0.1, 0.15) is 6.04 Å². The first-order chi connectivity index (χ1) is 12.2. The summed E-state index contributed by atoms with van der Waals surface area (Å²) in [7, 11) is -2.11. The SMILES string of the molecule is CCc1ccc(C(C)NC(=O)C(c2ccccc2)N(C)S(C)(=O)=O)cc1. The van der Waals surface area contributed by atoms with Crippen molar-refractivity contribution in [2.24, 2.45) is 0 Å². The van der Waals surface area contributed by atoms with Crippen molar-refractivity contribution in [3.8, 4) is 0 Å². The number of aryl methyl sites for hydroxylation is 1. The monoisotopic (exact) mass is 374 g/mol. The Morgan fingerprint density at radius 3 is 2.12 bits per heavy atom. The van der Waals surface area contributed by atoms with Crippen LogP contribution in [0.1, 0.15) is 42.6 Å². The van der Waals surface area contributed by atoms with Gasteiger partial charge in [-0.3, -0.25) is 4.79 Å². The van der Waals surface area contributed by atoms with E-state index in [0.717, 1.165) is 22.5 Å². The molecule has 2 aromatic rings. The van der Waals surface area contributed by atoms with Crippen molar-refractivity contribution < 1.29 is 13.2 Å². The molecule has 0 radical (unpaired) electrons. The zero-order chi connectivity index (χ0) is 19.3. The summed E-state index contributed by atoms with van der Waals surface area (Å²) in [6, 6.07) is 15.8. The van der Waals surface area contributed by atoms with Gasteiger partial charge in [-0.05, 0) is 30.0 Å². The first kappa shape index (κ1) is 20.1. The lowest BCUT2D eigenvalue weighted by Gasteiger charge is -2.27. The molecule has 0 saturated carbocycles. The molecule has 1 amide bonds. The van der Waals surface area contributed by atoms with Gasteiger partial charge in [-0.2, -0.15) is 4.31 Å². The maximum absolute atomic E-state index is 12.9. The number of benzene rings is 2. The molecule has 0 aliphatic heterocycles. The number of carbonyl (C=O) groups is 1. The van der Waals surface area contributed by atoms with Crippen LogP contribution in [0.15, 0.2) is 54.6 Å². The predicted molar refractivity (Wildman–Crippen MR) is 104 cm³/mol. The molecule has 26 heavy (non-hydrogen) atoms. The molecule has 0 heterocycles.